The number of hydrogen-bond acceptors (Lipinski definition) is 5. The van der Waals surface area contributed by atoms with Crippen LogP contribution in [0.4, 0.5) is 5.69 Å². The van der Waals surface area contributed by atoms with Crippen LogP contribution in [0.15, 0.2) is 64.9 Å². The van der Waals surface area contributed by atoms with E-state index >= 15 is 0 Å². The number of benzene rings is 2. The quantitative estimate of drug-likeness (QED) is 0.364. The standard InChI is InChI=1S/C20H17NO4S/c1-13-16-11-14(7-8-17(16)21-20(13)24)18(22)12-25-19(23)9-10-26-15-5-3-2-4-6-15/h2-11,13H,12H2,1H3,(H,21,24)/b10-9+/t13-/m1/s1. The van der Waals surface area contributed by atoms with Gasteiger partial charge in [-0.05, 0) is 48.2 Å². The number of ketones is 1. The molecule has 0 radical (unpaired) electrons. The van der Waals surface area contributed by atoms with Crippen molar-refractivity contribution in [3.05, 3.63) is 71.1 Å². The van der Waals surface area contributed by atoms with E-state index in [0.29, 0.717) is 5.56 Å². The summed E-state index contributed by atoms with van der Waals surface area (Å²) >= 11 is 1.39. The Bertz CT molecular complexity index is 877. The molecule has 132 valence electrons. The van der Waals surface area contributed by atoms with E-state index in [1.807, 2.05) is 30.3 Å². The van der Waals surface area contributed by atoms with Gasteiger partial charge in [-0.3, -0.25) is 9.59 Å². The molecule has 1 aliphatic rings. The number of carbonyl (C=O) groups is 3. The molecule has 0 spiro atoms. The van der Waals surface area contributed by atoms with Crippen molar-refractivity contribution in [2.75, 3.05) is 11.9 Å². The van der Waals surface area contributed by atoms with Gasteiger partial charge in [0.2, 0.25) is 5.91 Å². The second-order valence-corrected chi connectivity index (χ2v) is 6.76. The maximum Gasteiger partial charge on any atom is 0.331 e. The van der Waals surface area contributed by atoms with E-state index in [0.717, 1.165) is 16.1 Å². The van der Waals surface area contributed by atoms with Crippen molar-refractivity contribution in [2.24, 2.45) is 0 Å². The third-order valence-electron chi connectivity index (χ3n) is 3.99. The first-order chi connectivity index (χ1) is 12.5. The third kappa shape index (κ3) is 4.21. The number of rotatable bonds is 6. The van der Waals surface area contributed by atoms with Gasteiger partial charge in [0, 0.05) is 22.2 Å². The van der Waals surface area contributed by atoms with Gasteiger partial charge >= 0.3 is 5.97 Å². The minimum Gasteiger partial charge on any atom is -0.454 e. The molecule has 0 fully saturated rings. The Balaban J connectivity index is 1.53. The predicted molar refractivity (Wildman–Crippen MR) is 100 cm³/mol. The molecule has 0 bridgehead atoms. The lowest BCUT2D eigenvalue weighted by Gasteiger charge is -2.06. The van der Waals surface area contributed by atoms with E-state index in [1.165, 1.54) is 17.8 Å². The van der Waals surface area contributed by atoms with Crippen molar-refractivity contribution in [3.8, 4) is 0 Å². The van der Waals surface area contributed by atoms with Gasteiger partial charge in [-0.2, -0.15) is 0 Å². The molecular formula is C20H17NO4S. The summed E-state index contributed by atoms with van der Waals surface area (Å²) in [6.07, 6.45) is 1.29. The maximum absolute atomic E-state index is 12.2. The molecule has 1 aliphatic heterocycles. The van der Waals surface area contributed by atoms with E-state index in [1.54, 1.807) is 30.5 Å². The fraction of sp³-hybridized carbons (Fsp3) is 0.150. The Hall–Kier alpha value is -2.86. The predicted octanol–water partition coefficient (Wildman–Crippen LogP) is 3.77. The van der Waals surface area contributed by atoms with Crippen molar-refractivity contribution in [1.29, 1.82) is 0 Å². The number of amides is 1. The van der Waals surface area contributed by atoms with E-state index in [4.69, 9.17) is 4.74 Å². The first-order valence-electron chi connectivity index (χ1n) is 8.07. The Morgan fingerprint density at radius 1 is 1.19 bits per heavy atom. The number of Topliss-reactive ketones (excluding diaryl/α,β-unsaturated/α-hetero) is 1. The average Bonchev–Trinajstić information content (AvgIpc) is 2.94. The highest BCUT2D eigenvalue weighted by molar-refractivity contribution is 8.02. The van der Waals surface area contributed by atoms with Crippen LogP contribution in [0.2, 0.25) is 0 Å². The number of esters is 1. The third-order valence-corrected chi connectivity index (χ3v) is 4.80. The van der Waals surface area contributed by atoms with Gasteiger partial charge in [-0.25, -0.2) is 4.79 Å². The van der Waals surface area contributed by atoms with Crippen LogP contribution in [-0.2, 0) is 14.3 Å². The number of anilines is 1. The lowest BCUT2D eigenvalue weighted by atomic mass is 9.99. The molecule has 3 rings (SSSR count). The van der Waals surface area contributed by atoms with Crippen molar-refractivity contribution >= 4 is 35.1 Å². The topological polar surface area (TPSA) is 72.5 Å². The van der Waals surface area contributed by atoms with Gasteiger partial charge in [0.05, 0.1) is 5.92 Å². The van der Waals surface area contributed by atoms with Crippen LogP contribution >= 0.6 is 11.8 Å². The molecule has 0 unspecified atom stereocenters. The van der Waals surface area contributed by atoms with Gasteiger partial charge in [0.25, 0.3) is 0 Å². The van der Waals surface area contributed by atoms with Gasteiger partial charge < -0.3 is 10.1 Å². The Labute approximate surface area is 155 Å². The minimum atomic E-state index is -0.576. The van der Waals surface area contributed by atoms with Crippen LogP contribution in [0.3, 0.4) is 0 Å². The Morgan fingerprint density at radius 3 is 2.73 bits per heavy atom. The van der Waals surface area contributed by atoms with Crippen LogP contribution in [0.1, 0.15) is 28.8 Å². The zero-order valence-corrected chi connectivity index (χ0v) is 14.9. The molecule has 6 heteroatoms. The molecule has 0 saturated carbocycles. The van der Waals surface area contributed by atoms with E-state index in [9.17, 15) is 14.4 Å². The number of hydrogen-bond donors (Lipinski definition) is 1. The summed E-state index contributed by atoms with van der Waals surface area (Å²) in [4.78, 5) is 36.6. The molecule has 2 aromatic carbocycles. The zero-order valence-electron chi connectivity index (χ0n) is 14.1. The lowest BCUT2D eigenvalue weighted by Crippen LogP contribution is -2.12. The highest BCUT2D eigenvalue weighted by Gasteiger charge is 2.27. The van der Waals surface area contributed by atoms with Crippen LogP contribution in [0.25, 0.3) is 0 Å². The highest BCUT2D eigenvalue weighted by Crippen LogP contribution is 2.32. The van der Waals surface area contributed by atoms with E-state index in [-0.39, 0.29) is 24.2 Å². The molecule has 2 aromatic rings. The molecule has 0 saturated heterocycles. The first kappa shape index (κ1) is 17.9. The summed E-state index contributed by atoms with van der Waals surface area (Å²) in [6, 6.07) is 14.6. The van der Waals surface area contributed by atoms with Crippen molar-refractivity contribution in [2.45, 2.75) is 17.7 Å². The molecule has 1 N–H and O–H groups in total. The SMILES string of the molecule is C[C@H]1C(=O)Nc2ccc(C(=O)COC(=O)/C=C/Sc3ccccc3)cc21. The smallest absolute Gasteiger partial charge is 0.331 e. The molecule has 1 atom stereocenters. The first-order valence-corrected chi connectivity index (χ1v) is 8.95. The van der Waals surface area contributed by atoms with Gasteiger partial charge in [-0.15, -0.1) is 0 Å². The Morgan fingerprint density at radius 2 is 1.96 bits per heavy atom. The summed E-state index contributed by atoms with van der Waals surface area (Å²) in [6.45, 7) is 1.44. The number of fused-ring (bicyclic) bond motifs is 1. The maximum atomic E-state index is 12.2. The fourth-order valence-corrected chi connectivity index (χ4v) is 3.18. The monoisotopic (exact) mass is 367 g/mol. The number of ether oxygens (including phenoxy) is 1. The summed E-state index contributed by atoms with van der Waals surface area (Å²) in [5.41, 5.74) is 1.92. The molecule has 1 heterocycles. The van der Waals surface area contributed by atoms with Gasteiger partial charge in [-0.1, -0.05) is 30.0 Å². The van der Waals surface area contributed by atoms with Gasteiger partial charge in [0.1, 0.15) is 0 Å². The van der Waals surface area contributed by atoms with Crippen molar-refractivity contribution in [3.63, 3.8) is 0 Å². The van der Waals surface area contributed by atoms with Crippen LogP contribution in [0.5, 0.6) is 0 Å². The lowest BCUT2D eigenvalue weighted by molar-refractivity contribution is -0.136. The largest absolute Gasteiger partial charge is 0.454 e. The zero-order chi connectivity index (χ0) is 18.5. The highest BCUT2D eigenvalue weighted by atomic mass is 32.2. The molecular weight excluding hydrogens is 350 g/mol. The summed E-state index contributed by atoms with van der Waals surface area (Å²) in [5.74, 6) is -1.26. The van der Waals surface area contributed by atoms with Crippen LogP contribution < -0.4 is 5.32 Å². The average molecular weight is 367 g/mol. The minimum absolute atomic E-state index is 0.0860. The molecule has 1 amide bonds. The van der Waals surface area contributed by atoms with Crippen molar-refractivity contribution < 1.29 is 19.1 Å². The second-order valence-electron chi connectivity index (χ2n) is 5.78. The Kier molecular flexibility index (Phi) is 5.53. The van der Waals surface area contributed by atoms with Crippen molar-refractivity contribution in [1.82, 2.24) is 0 Å². The molecule has 5 nitrogen and oxygen atoms in total. The van der Waals surface area contributed by atoms with Crippen LogP contribution in [-0.4, -0.2) is 24.3 Å². The van der Waals surface area contributed by atoms with Gasteiger partial charge in [0.15, 0.2) is 12.4 Å². The summed E-state index contributed by atoms with van der Waals surface area (Å²) in [7, 11) is 0. The molecule has 0 aromatic heterocycles. The molecule has 26 heavy (non-hydrogen) atoms. The summed E-state index contributed by atoms with van der Waals surface area (Å²) < 4.78 is 4.99. The number of thioether (sulfide) groups is 1. The number of carbonyl (C=O) groups excluding carboxylic acids is 3. The van der Waals surface area contributed by atoms with E-state index in [2.05, 4.69) is 5.32 Å². The second kappa shape index (κ2) is 8.01. The molecule has 0 aliphatic carbocycles. The van der Waals surface area contributed by atoms with Crippen LogP contribution in [0, 0.1) is 0 Å². The normalized spacial score (nSPS) is 15.6. The number of nitrogens with one attached hydrogen (secondary N) is 1. The fourth-order valence-electron chi connectivity index (χ4n) is 2.53. The van der Waals surface area contributed by atoms with E-state index < -0.39 is 5.97 Å². The summed E-state index contributed by atoms with van der Waals surface area (Å²) in [5, 5.41) is 4.37.